The van der Waals surface area contributed by atoms with Crippen LogP contribution >= 0.6 is 0 Å². The van der Waals surface area contributed by atoms with E-state index in [0.29, 0.717) is 12.5 Å². The van der Waals surface area contributed by atoms with E-state index in [2.05, 4.69) is 9.97 Å². The molecule has 1 fully saturated rings. The Morgan fingerprint density at radius 2 is 1.70 bits per heavy atom. The van der Waals surface area contributed by atoms with E-state index in [0.717, 1.165) is 28.0 Å². The minimum atomic E-state index is -0.0364. The molecule has 1 saturated carbocycles. The molecule has 5 nitrogen and oxygen atoms in total. The molecule has 27 heavy (non-hydrogen) atoms. The zero-order valence-corrected chi connectivity index (χ0v) is 15.4. The molecule has 1 heterocycles. The van der Waals surface area contributed by atoms with Gasteiger partial charge >= 0.3 is 0 Å². The zero-order chi connectivity index (χ0) is 18.5. The molecular weight excluding hydrogens is 338 g/mol. The summed E-state index contributed by atoms with van der Waals surface area (Å²) in [4.78, 5) is 14.3. The standard InChI is InChI=1S/C22H25N3O2/c23-27-22(16-6-2-1-3-7-16)17-10-12-19(13-11-17)26-15-18-14-24-20-8-4-5-9-21(20)25-18/h4-5,8-14,16,22H,1-3,6-7,15,23H2. The van der Waals surface area contributed by atoms with Gasteiger partial charge in [-0.3, -0.25) is 9.82 Å². The number of benzene rings is 2. The van der Waals surface area contributed by atoms with E-state index in [1.54, 1.807) is 6.20 Å². The summed E-state index contributed by atoms with van der Waals surface area (Å²) in [5.74, 6) is 6.91. The van der Waals surface area contributed by atoms with Gasteiger partial charge in [0.2, 0.25) is 0 Å². The molecule has 0 bridgehead atoms. The van der Waals surface area contributed by atoms with Crippen molar-refractivity contribution in [3.8, 4) is 5.75 Å². The number of aromatic nitrogens is 2. The summed E-state index contributed by atoms with van der Waals surface area (Å²) >= 11 is 0. The molecule has 140 valence electrons. The molecule has 1 aromatic heterocycles. The van der Waals surface area contributed by atoms with Gasteiger partial charge in [-0.05, 0) is 48.6 Å². The third kappa shape index (κ3) is 4.26. The van der Waals surface area contributed by atoms with E-state index in [9.17, 15) is 0 Å². The average Bonchev–Trinajstić information content (AvgIpc) is 2.74. The highest BCUT2D eigenvalue weighted by Gasteiger charge is 2.25. The number of rotatable bonds is 6. The van der Waals surface area contributed by atoms with E-state index < -0.39 is 0 Å². The molecule has 2 aromatic carbocycles. The lowest BCUT2D eigenvalue weighted by Crippen LogP contribution is -2.21. The van der Waals surface area contributed by atoms with Crippen LogP contribution in [-0.4, -0.2) is 9.97 Å². The van der Waals surface area contributed by atoms with Crippen LogP contribution in [0, 0.1) is 5.92 Å². The van der Waals surface area contributed by atoms with Crippen molar-refractivity contribution in [2.75, 3.05) is 0 Å². The third-order valence-electron chi connectivity index (χ3n) is 5.32. The molecule has 1 atom stereocenters. The van der Waals surface area contributed by atoms with Gasteiger partial charge in [0.25, 0.3) is 0 Å². The maximum atomic E-state index is 5.88. The Morgan fingerprint density at radius 3 is 2.44 bits per heavy atom. The second-order valence-electron chi connectivity index (χ2n) is 7.16. The normalized spacial score (nSPS) is 16.3. The number of para-hydroxylation sites is 2. The molecule has 4 rings (SSSR count). The summed E-state index contributed by atoms with van der Waals surface area (Å²) < 4.78 is 5.88. The van der Waals surface area contributed by atoms with Crippen molar-refractivity contribution in [3.05, 3.63) is 66.0 Å². The second kappa shape index (κ2) is 8.46. The predicted octanol–water partition coefficient (Wildman–Crippen LogP) is 4.72. The third-order valence-corrected chi connectivity index (χ3v) is 5.32. The first-order chi connectivity index (χ1) is 13.3. The van der Waals surface area contributed by atoms with Crippen LogP contribution in [0.15, 0.2) is 54.7 Å². The van der Waals surface area contributed by atoms with Gasteiger partial charge in [-0.15, -0.1) is 0 Å². The number of nitrogens with zero attached hydrogens (tertiary/aromatic N) is 2. The van der Waals surface area contributed by atoms with E-state index in [4.69, 9.17) is 15.5 Å². The van der Waals surface area contributed by atoms with Crippen LogP contribution in [0.2, 0.25) is 0 Å². The number of fused-ring (bicyclic) bond motifs is 1. The monoisotopic (exact) mass is 363 g/mol. The van der Waals surface area contributed by atoms with Crippen molar-refractivity contribution in [1.82, 2.24) is 9.97 Å². The van der Waals surface area contributed by atoms with Crippen LogP contribution in [-0.2, 0) is 11.4 Å². The van der Waals surface area contributed by atoms with E-state index in [1.807, 2.05) is 48.5 Å². The maximum Gasteiger partial charge on any atom is 0.132 e. The molecule has 1 unspecified atom stereocenters. The molecular formula is C22H25N3O2. The molecule has 0 radical (unpaired) electrons. The maximum absolute atomic E-state index is 5.88. The average molecular weight is 363 g/mol. The van der Waals surface area contributed by atoms with Crippen molar-refractivity contribution in [3.63, 3.8) is 0 Å². The Morgan fingerprint density at radius 1 is 0.963 bits per heavy atom. The summed E-state index contributed by atoms with van der Waals surface area (Å²) in [5.41, 5.74) is 3.69. The van der Waals surface area contributed by atoms with Crippen molar-refractivity contribution in [2.24, 2.45) is 11.8 Å². The Bertz CT molecular complexity index is 876. The van der Waals surface area contributed by atoms with Crippen molar-refractivity contribution in [1.29, 1.82) is 0 Å². The second-order valence-corrected chi connectivity index (χ2v) is 7.16. The molecule has 2 N–H and O–H groups in total. The highest BCUT2D eigenvalue weighted by molar-refractivity contribution is 5.73. The van der Waals surface area contributed by atoms with Gasteiger partial charge in [0.15, 0.2) is 0 Å². The molecule has 5 heteroatoms. The van der Waals surface area contributed by atoms with Gasteiger partial charge in [-0.1, -0.05) is 43.5 Å². The Balaban J connectivity index is 1.40. The number of hydrogen-bond acceptors (Lipinski definition) is 5. The topological polar surface area (TPSA) is 70.3 Å². The largest absolute Gasteiger partial charge is 0.487 e. The number of ether oxygens (including phenoxy) is 1. The fourth-order valence-corrected chi connectivity index (χ4v) is 3.87. The van der Waals surface area contributed by atoms with Gasteiger partial charge in [0.1, 0.15) is 18.5 Å². The summed E-state index contributed by atoms with van der Waals surface area (Å²) in [6.45, 7) is 0.386. The first-order valence-corrected chi connectivity index (χ1v) is 9.62. The first kappa shape index (κ1) is 17.9. The van der Waals surface area contributed by atoms with Crippen molar-refractivity contribution >= 4 is 11.0 Å². The van der Waals surface area contributed by atoms with E-state index in [-0.39, 0.29) is 6.10 Å². The molecule has 3 aromatic rings. The highest BCUT2D eigenvalue weighted by Crippen LogP contribution is 2.36. The predicted molar refractivity (Wildman–Crippen MR) is 105 cm³/mol. The Hall–Kier alpha value is -2.50. The molecule has 0 amide bonds. The molecule has 1 aliphatic carbocycles. The molecule has 0 saturated heterocycles. The molecule has 0 aliphatic heterocycles. The highest BCUT2D eigenvalue weighted by atomic mass is 16.6. The van der Waals surface area contributed by atoms with Crippen LogP contribution in [0.1, 0.15) is 49.5 Å². The number of nitrogens with two attached hydrogens (primary N) is 1. The lowest BCUT2D eigenvalue weighted by atomic mass is 9.83. The van der Waals surface area contributed by atoms with E-state index >= 15 is 0 Å². The number of hydrogen-bond donors (Lipinski definition) is 1. The molecule has 0 spiro atoms. The Kier molecular flexibility index (Phi) is 5.61. The van der Waals surface area contributed by atoms with Crippen molar-refractivity contribution < 1.29 is 9.57 Å². The summed E-state index contributed by atoms with van der Waals surface area (Å²) in [7, 11) is 0. The minimum Gasteiger partial charge on any atom is -0.487 e. The van der Waals surface area contributed by atoms with Crippen LogP contribution < -0.4 is 10.6 Å². The Labute approximate surface area is 159 Å². The lowest BCUT2D eigenvalue weighted by Gasteiger charge is -2.28. The van der Waals surface area contributed by atoms with Crippen molar-refractivity contribution in [2.45, 2.75) is 44.8 Å². The minimum absolute atomic E-state index is 0.0364. The quantitative estimate of drug-likeness (QED) is 0.642. The smallest absolute Gasteiger partial charge is 0.132 e. The molecule has 1 aliphatic rings. The van der Waals surface area contributed by atoms with Gasteiger partial charge in [-0.25, -0.2) is 10.9 Å². The summed E-state index contributed by atoms with van der Waals surface area (Å²) in [6.07, 6.45) is 7.93. The summed E-state index contributed by atoms with van der Waals surface area (Å²) in [5, 5.41) is 0. The van der Waals surface area contributed by atoms with Gasteiger partial charge in [0, 0.05) is 0 Å². The zero-order valence-electron chi connectivity index (χ0n) is 15.4. The first-order valence-electron chi connectivity index (χ1n) is 9.62. The van der Waals surface area contributed by atoms with Crippen LogP contribution in [0.25, 0.3) is 11.0 Å². The SMILES string of the molecule is NOC(c1ccc(OCc2cnc3ccccc3n2)cc1)C1CCCCC1. The van der Waals surface area contributed by atoms with Gasteiger partial charge in [-0.2, -0.15) is 0 Å². The van der Waals surface area contributed by atoms with Crippen LogP contribution in [0.5, 0.6) is 5.75 Å². The van der Waals surface area contributed by atoms with Crippen LogP contribution in [0.4, 0.5) is 0 Å². The summed E-state index contributed by atoms with van der Waals surface area (Å²) in [6, 6.07) is 15.9. The van der Waals surface area contributed by atoms with E-state index in [1.165, 1.54) is 32.1 Å². The van der Waals surface area contributed by atoms with Gasteiger partial charge < -0.3 is 4.74 Å². The lowest BCUT2D eigenvalue weighted by molar-refractivity contribution is -0.00278. The van der Waals surface area contributed by atoms with Crippen LogP contribution in [0.3, 0.4) is 0 Å². The fourth-order valence-electron chi connectivity index (χ4n) is 3.87. The van der Waals surface area contributed by atoms with Gasteiger partial charge in [0.05, 0.1) is 22.9 Å². The fraction of sp³-hybridized carbons (Fsp3) is 0.364.